The van der Waals surface area contributed by atoms with E-state index < -0.39 is 6.10 Å². The zero-order valence-corrected chi connectivity index (χ0v) is 17.6. The summed E-state index contributed by atoms with van der Waals surface area (Å²) >= 11 is 6.14. The number of benzene rings is 1. The molecule has 0 radical (unpaired) electrons. The second kappa shape index (κ2) is 8.32. The molecule has 7 nitrogen and oxygen atoms in total. The molecule has 2 aromatic heterocycles. The fraction of sp³-hybridized carbons (Fsp3) is 0.450. The van der Waals surface area contributed by atoms with Crippen molar-refractivity contribution in [3.63, 3.8) is 0 Å². The normalized spacial score (nSPS) is 12.8. The number of fused-ring (bicyclic) bond motifs is 1. The molecule has 2 heterocycles. The van der Waals surface area contributed by atoms with Crippen LogP contribution in [0.15, 0.2) is 24.3 Å². The molecule has 3 aromatic rings. The van der Waals surface area contributed by atoms with E-state index in [1.165, 1.54) is 0 Å². The first kappa shape index (κ1) is 20.4. The first-order valence-corrected chi connectivity index (χ1v) is 9.88. The van der Waals surface area contributed by atoms with Gasteiger partial charge in [-0.25, -0.2) is 4.98 Å². The molecule has 0 saturated heterocycles. The van der Waals surface area contributed by atoms with Gasteiger partial charge in [-0.1, -0.05) is 31.5 Å². The highest BCUT2D eigenvalue weighted by Gasteiger charge is 2.22. The zero-order valence-electron chi connectivity index (χ0n) is 16.9. The Bertz CT molecular complexity index is 967. The Hall–Kier alpha value is -2.38. The highest BCUT2D eigenvalue weighted by Crippen LogP contribution is 2.32. The largest absolute Gasteiger partial charge is 0.392 e. The van der Waals surface area contributed by atoms with E-state index in [1.807, 2.05) is 28.9 Å². The monoisotopic (exact) mass is 402 g/mol. The Morgan fingerprint density at radius 2 is 1.89 bits per heavy atom. The van der Waals surface area contributed by atoms with Crippen LogP contribution in [0.2, 0.25) is 5.02 Å². The molecule has 1 atom stereocenters. The van der Waals surface area contributed by atoms with Gasteiger partial charge in [0.2, 0.25) is 5.95 Å². The lowest BCUT2D eigenvalue weighted by atomic mass is 10.1. The predicted octanol–water partition coefficient (Wildman–Crippen LogP) is 4.72. The summed E-state index contributed by atoms with van der Waals surface area (Å²) in [5.74, 6) is 1.30. The van der Waals surface area contributed by atoms with Crippen LogP contribution in [-0.2, 0) is 0 Å². The fourth-order valence-corrected chi connectivity index (χ4v) is 3.12. The van der Waals surface area contributed by atoms with Crippen molar-refractivity contribution in [3.8, 4) is 0 Å². The molecule has 0 aliphatic rings. The van der Waals surface area contributed by atoms with E-state index in [2.05, 4.69) is 43.3 Å². The standard InChI is InChI=1S/C20H27ClN6O/c1-11(2)16-17-18(27(26-16)12(3)4)19(23-15-8-6-7-14(21)9-15)25-20(24-17)22-10-13(5)28/h6-9,11-13,28H,10H2,1-5H3,(H2,22,23,24,25). The molecule has 0 saturated carbocycles. The molecule has 3 rings (SSSR count). The van der Waals surface area contributed by atoms with Crippen LogP contribution in [0.4, 0.5) is 17.5 Å². The third-order valence-electron chi connectivity index (χ3n) is 4.25. The maximum Gasteiger partial charge on any atom is 0.225 e. The number of halogens is 1. The van der Waals surface area contributed by atoms with Crippen LogP contribution < -0.4 is 10.6 Å². The summed E-state index contributed by atoms with van der Waals surface area (Å²) in [7, 11) is 0. The van der Waals surface area contributed by atoms with Crippen LogP contribution >= 0.6 is 11.6 Å². The number of hydrogen-bond donors (Lipinski definition) is 3. The number of hydrogen-bond acceptors (Lipinski definition) is 6. The van der Waals surface area contributed by atoms with Crippen LogP contribution in [0, 0.1) is 0 Å². The van der Waals surface area contributed by atoms with Crippen LogP contribution in [0.25, 0.3) is 11.0 Å². The Balaban J connectivity index is 2.19. The van der Waals surface area contributed by atoms with Gasteiger partial charge in [0.25, 0.3) is 0 Å². The SMILES string of the molecule is CC(O)CNc1nc(Nc2cccc(Cl)c2)c2c(n1)c(C(C)C)nn2C(C)C. The van der Waals surface area contributed by atoms with Crippen molar-refractivity contribution < 1.29 is 5.11 Å². The highest BCUT2D eigenvalue weighted by atomic mass is 35.5. The maximum atomic E-state index is 9.62. The quantitative estimate of drug-likeness (QED) is 0.530. The first-order chi connectivity index (χ1) is 13.3. The summed E-state index contributed by atoms with van der Waals surface area (Å²) in [6, 6.07) is 7.64. The Kier molecular flexibility index (Phi) is 6.05. The number of nitrogens with one attached hydrogen (secondary N) is 2. The van der Waals surface area contributed by atoms with E-state index in [0.717, 1.165) is 22.4 Å². The number of aliphatic hydroxyl groups excluding tert-OH is 1. The van der Waals surface area contributed by atoms with E-state index in [1.54, 1.807) is 6.92 Å². The molecular formula is C20H27ClN6O. The molecule has 1 unspecified atom stereocenters. The Labute approximate surface area is 170 Å². The average Bonchev–Trinajstić information content (AvgIpc) is 3.00. The molecular weight excluding hydrogens is 376 g/mol. The molecule has 28 heavy (non-hydrogen) atoms. The lowest BCUT2D eigenvalue weighted by Gasteiger charge is -2.14. The topological polar surface area (TPSA) is 87.9 Å². The van der Waals surface area contributed by atoms with Crippen molar-refractivity contribution in [2.24, 2.45) is 0 Å². The predicted molar refractivity (Wildman–Crippen MR) is 115 cm³/mol. The summed E-state index contributed by atoms with van der Waals surface area (Å²) in [6.45, 7) is 10.4. The van der Waals surface area contributed by atoms with Gasteiger partial charge >= 0.3 is 0 Å². The molecule has 0 aliphatic heterocycles. The van der Waals surface area contributed by atoms with Gasteiger partial charge in [0.15, 0.2) is 5.82 Å². The molecule has 150 valence electrons. The van der Waals surface area contributed by atoms with Crippen LogP contribution in [0.3, 0.4) is 0 Å². The lowest BCUT2D eigenvalue weighted by molar-refractivity contribution is 0.208. The lowest BCUT2D eigenvalue weighted by Crippen LogP contribution is -2.17. The van der Waals surface area contributed by atoms with Gasteiger partial charge in [-0.05, 0) is 44.9 Å². The van der Waals surface area contributed by atoms with E-state index in [4.69, 9.17) is 21.7 Å². The first-order valence-electron chi connectivity index (χ1n) is 9.51. The molecule has 8 heteroatoms. The minimum Gasteiger partial charge on any atom is -0.392 e. The van der Waals surface area contributed by atoms with Crippen molar-refractivity contribution in [3.05, 3.63) is 35.0 Å². The smallest absolute Gasteiger partial charge is 0.225 e. The zero-order chi connectivity index (χ0) is 20.4. The molecule has 0 fully saturated rings. The van der Waals surface area contributed by atoms with E-state index in [0.29, 0.717) is 23.3 Å². The van der Waals surface area contributed by atoms with Crippen LogP contribution in [0.1, 0.15) is 52.3 Å². The third kappa shape index (κ3) is 4.36. The minimum atomic E-state index is -0.508. The number of nitrogens with zero attached hydrogens (tertiary/aromatic N) is 4. The van der Waals surface area contributed by atoms with Crippen LogP contribution in [0.5, 0.6) is 0 Å². The Morgan fingerprint density at radius 3 is 2.50 bits per heavy atom. The van der Waals surface area contributed by atoms with Crippen molar-refractivity contribution in [2.45, 2.75) is 52.7 Å². The fourth-order valence-electron chi connectivity index (χ4n) is 2.93. The molecule has 1 aromatic carbocycles. The summed E-state index contributed by atoms with van der Waals surface area (Å²) < 4.78 is 1.95. The number of rotatable bonds is 7. The van der Waals surface area contributed by atoms with Gasteiger partial charge in [0.05, 0.1) is 11.8 Å². The second-order valence-electron chi connectivity index (χ2n) is 7.54. The number of aromatic nitrogens is 4. The van der Waals surface area contributed by atoms with Gasteiger partial charge in [0, 0.05) is 23.3 Å². The van der Waals surface area contributed by atoms with Crippen molar-refractivity contribution >= 4 is 40.1 Å². The van der Waals surface area contributed by atoms with E-state index in [-0.39, 0.29) is 12.0 Å². The van der Waals surface area contributed by atoms with Crippen LogP contribution in [-0.4, -0.2) is 37.5 Å². The summed E-state index contributed by atoms with van der Waals surface area (Å²) in [6.07, 6.45) is -0.508. The van der Waals surface area contributed by atoms with Crippen molar-refractivity contribution in [1.29, 1.82) is 0 Å². The molecule has 0 amide bonds. The summed E-state index contributed by atoms with van der Waals surface area (Å²) in [5, 5.41) is 21.5. The molecule has 0 bridgehead atoms. The minimum absolute atomic E-state index is 0.148. The average molecular weight is 403 g/mol. The summed E-state index contributed by atoms with van der Waals surface area (Å²) in [5.41, 5.74) is 3.40. The van der Waals surface area contributed by atoms with Gasteiger partial charge in [-0.2, -0.15) is 10.1 Å². The number of aliphatic hydroxyl groups is 1. The third-order valence-corrected chi connectivity index (χ3v) is 4.49. The maximum absolute atomic E-state index is 9.62. The highest BCUT2D eigenvalue weighted by molar-refractivity contribution is 6.30. The van der Waals surface area contributed by atoms with E-state index in [9.17, 15) is 5.11 Å². The Morgan fingerprint density at radius 1 is 1.14 bits per heavy atom. The molecule has 0 spiro atoms. The van der Waals surface area contributed by atoms with Gasteiger partial charge in [-0.3, -0.25) is 4.68 Å². The molecule has 0 aliphatic carbocycles. The molecule has 3 N–H and O–H groups in total. The summed E-state index contributed by atoms with van der Waals surface area (Å²) in [4.78, 5) is 9.37. The second-order valence-corrected chi connectivity index (χ2v) is 7.97. The van der Waals surface area contributed by atoms with Gasteiger partial charge < -0.3 is 15.7 Å². The van der Waals surface area contributed by atoms with Gasteiger partial charge in [0.1, 0.15) is 11.0 Å². The van der Waals surface area contributed by atoms with Crippen molar-refractivity contribution in [1.82, 2.24) is 19.7 Å². The number of anilines is 3. The van der Waals surface area contributed by atoms with Crippen molar-refractivity contribution in [2.75, 3.05) is 17.2 Å². The van der Waals surface area contributed by atoms with Gasteiger partial charge in [-0.15, -0.1) is 0 Å². The van der Waals surface area contributed by atoms with E-state index >= 15 is 0 Å².